The molecule has 2 heterocycles. The van der Waals surface area contributed by atoms with Gasteiger partial charge < -0.3 is 18.9 Å². The van der Waals surface area contributed by atoms with Gasteiger partial charge in [-0.05, 0) is 38.1 Å². The molecule has 4 aromatic rings. The summed E-state index contributed by atoms with van der Waals surface area (Å²) in [6.07, 6.45) is 0. The van der Waals surface area contributed by atoms with Crippen LogP contribution < -0.4 is 18.8 Å². The van der Waals surface area contributed by atoms with Gasteiger partial charge in [0.2, 0.25) is 12.3 Å². The maximum absolute atomic E-state index is 10.5. The SMILES string of the molecule is CC[n+]1c(COCCOc2ccccc2)sc2cc3c(cc21)OCO3.Cc1ccc(S(=O)(=O)O)cc1. The Morgan fingerprint density at radius 3 is 2.36 bits per heavy atom. The van der Waals surface area contributed by atoms with E-state index < -0.39 is 10.1 Å². The lowest BCUT2D eigenvalue weighted by Gasteiger charge is -2.05. The van der Waals surface area contributed by atoms with Gasteiger partial charge in [-0.25, -0.2) is 0 Å². The Balaban J connectivity index is 0.000000233. The number of thiazole rings is 1. The van der Waals surface area contributed by atoms with Crippen LogP contribution in [-0.4, -0.2) is 33.0 Å². The molecule has 5 rings (SSSR count). The predicted octanol–water partition coefficient (Wildman–Crippen LogP) is 4.77. The van der Waals surface area contributed by atoms with Gasteiger partial charge in [0.25, 0.3) is 15.1 Å². The van der Waals surface area contributed by atoms with Gasteiger partial charge >= 0.3 is 0 Å². The Morgan fingerprint density at radius 2 is 1.69 bits per heavy atom. The van der Waals surface area contributed by atoms with Crippen LogP contribution in [0.3, 0.4) is 0 Å². The second-order valence-corrected chi connectivity index (χ2v) is 10.5. The first-order chi connectivity index (χ1) is 17.3. The molecule has 0 bridgehead atoms. The van der Waals surface area contributed by atoms with Crippen molar-refractivity contribution in [3.63, 3.8) is 0 Å². The molecular weight excluding hydrogens is 502 g/mol. The van der Waals surface area contributed by atoms with Crippen molar-refractivity contribution in [2.24, 2.45) is 0 Å². The molecule has 0 saturated heterocycles. The quantitative estimate of drug-likeness (QED) is 0.199. The van der Waals surface area contributed by atoms with Crippen molar-refractivity contribution >= 4 is 31.7 Å². The number of ether oxygens (including phenoxy) is 4. The van der Waals surface area contributed by atoms with Gasteiger partial charge in [0.15, 0.2) is 11.5 Å². The molecular formula is C26H28NO7S2+. The molecule has 0 spiro atoms. The van der Waals surface area contributed by atoms with Gasteiger partial charge in [0.1, 0.15) is 30.2 Å². The first kappa shape index (κ1) is 25.9. The zero-order valence-electron chi connectivity index (χ0n) is 20.0. The number of aromatic nitrogens is 1. The fourth-order valence-corrected chi connectivity index (χ4v) is 5.23. The van der Waals surface area contributed by atoms with E-state index in [1.54, 1.807) is 23.5 Å². The van der Waals surface area contributed by atoms with Crippen LogP contribution in [0.1, 0.15) is 17.5 Å². The Kier molecular flexibility index (Phi) is 8.42. The minimum Gasteiger partial charge on any atom is -0.491 e. The van der Waals surface area contributed by atoms with Gasteiger partial charge in [-0.2, -0.15) is 13.0 Å². The van der Waals surface area contributed by atoms with Crippen molar-refractivity contribution < 1.29 is 36.5 Å². The molecule has 0 atom stereocenters. The fraction of sp³-hybridized carbons (Fsp3) is 0.269. The van der Waals surface area contributed by atoms with Crippen molar-refractivity contribution in [3.05, 3.63) is 77.3 Å². The number of rotatable bonds is 8. The van der Waals surface area contributed by atoms with E-state index in [0.29, 0.717) is 26.6 Å². The molecule has 1 aromatic heterocycles. The maximum Gasteiger partial charge on any atom is 0.294 e. The van der Waals surface area contributed by atoms with Gasteiger partial charge in [-0.15, -0.1) is 0 Å². The van der Waals surface area contributed by atoms with Crippen molar-refractivity contribution in [1.29, 1.82) is 0 Å². The molecule has 0 unspecified atom stereocenters. The summed E-state index contributed by atoms with van der Waals surface area (Å²) in [7, 11) is -4.02. The maximum atomic E-state index is 10.5. The van der Waals surface area contributed by atoms with Crippen LogP contribution in [0, 0.1) is 6.92 Å². The van der Waals surface area contributed by atoms with Gasteiger partial charge in [-0.3, -0.25) is 4.55 Å². The monoisotopic (exact) mass is 530 g/mol. The molecule has 1 aliphatic heterocycles. The third-order valence-electron chi connectivity index (χ3n) is 5.37. The van der Waals surface area contributed by atoms with E-state index in [9.17, 15) is 8.42 Å². The van der Waals surface area contributed by atoms with Gasteiger partial charge in [0.05, 0.1) is 17.6 Å². The van der Waals surface area contributed by atoms with Crippen molar-refractivity contribution in [1.82, 2.24) is 0 Å². The highest BCUT2D eigenvalue weighted by Gasteiger charge is 2.24. The van der Waals surface area contributed by atoms with Crippen LogP contribution in [-0.2, 0) is 28.0 Å². The van der Waals surface area contributed by atoms with Crippen LogP contribution >= 0.6 is 11.3 Å². The van der Waals surface area contributed by atoms with E-state index in [0.717, 1.165) is 34.9 Å². The number of hydrogen-bond donors (Lipinski definition) is 1. The summed E-state index contributed by atoms with van der Waals surface area (Å²) in [5.74, 6) is 2.50. The average Bonchev–Trinajstić information content (AvgIpc) is 3.46. The zero-order valence-corrected chi connectivity index (χ0v) is 21.7. The largest absolute Gasteiger partial charge is 0.491 e. The van der Waals surface area contributed by atoms with E-state index in [1.165, 1.54) is 21.8 Å². The molecule has 0 saturated carbocycles. The Morgan fingerprint density at radius 1 is 1.00 bits per heavy atom. The smallest absolute Gasteiger partial charge is 0.294 e. The zero-order chi connectivity index (χ0) is 25.5. The van der Waals surface area contributed by atoms with Crippen LogP contribution in [0.25, 0.3) is 10.2 Å². The third kappa shape index (κ3) is 6.52. The number of nitrogens with zero attached hydrogens (tertiary/aromatic N) is 1. The topological polar surface area (TPSA) is 95.2 Å². The summed E-state index contributed by atoms with van der Waals surface area (Å²) in [6.45, 7) is 6.83. The Labute approximate surface area is 214 Å². The lowest BCUT2D eigenvalue weighted by Crippen LogP contribution is -2.35. The van der Waals surface area contributed by atoms with Crippen LogP contribution in [0.2, 0.25) is 0 Å². The summed E-state index contributed by atoms with van der Waals surface area (Å²) >= 11 is 1.73. The molecule has 0 amide bonds. The average molecular weight is 531 g/mol. The van der Waals surface area contributed by atoms with Crippen molar-refractivity contribution in [3.8, 4) is 17.2 Å². The minimum absolute atomic E-state index is 0.0666. The number of fused-ring (bicyclic) bond motifs is 2. The van der Waals surface area contributed by atoms with E-state index in [4.69, 9.17) is 23.5 Å². The Hall–Kier alpha value is -3.18. The summed E-state index contributed by atoms with van der Waals surface area (Å²) in [6, 6.07) is 19.9. The summed E-state index contributed by atoms with van der Waals surface area (Å²) in [4.78, 5) is -0.0666. The van der Waals surface area contributed by atoms with E-state index in [1.807, 2.05) is 37.3 Å². The molecule has 0 aliphatic carbocycles. The van der Waals surface area contributed by atoms with Crippen molar-refractivity contribution in [2.45, 2.75) is 31.9 Å². The summed E-state index contributed by atoms with van der Waals surface area (Å²) < 4.78 is 55.4. The Bertz CT molecular complexity index is 1400. The molecule has 190 valence electrons. The number of para-hydroxylation sites is 1. The molecule has 8 nitrogen and oxygen atoms in total. The number of aryl methyl sites for hydroxylation is 2. The number of benzene rings is 3. The number of hydrogen-bond acceptors (Lipinski definition) is 7. The highest BCUT2D eigenvalue weighted by Crippen LogP contribution is 2.37. The minimum atomic E-state index is -4.02. The van der Waals surface area contributed by atoms with Gasteiger partial charge in [-0.1, -0.05) is 47.2 Å². The van der Waals surface area contributed by atoms with Crippen molar-refractivity contribution in [2.75, 3.05) is 20.0 Å². The van der Waals surface area contributed by atoms with Crippen LogP contribution in [0.4, 0.5) is 0 Å². The lowest BCUT2D eigenvalue weighted by atomic mass is 10.2. The highest BCUT2D eigenvalue weighted by molar-refractivity contribution is 7.85. The first-order valence-corrected chi connectivity index (χ1v) is 13.7. The summed E-state index contributed by atoms with van der Waals surface area (Å²) in [5.41, 5.74) is 2.12. The molecule has 10 heteroatoms. The highest BCUT2D eigenvalue weighted by atomic mass is 32.2. The molecule has 0 radical (unpaired) electrons. The third-order valence-corrected chi connectivity index (χ3v) is 7.36. The second-order valence-electron chi connectivity index (χ2n) is 7.92. The predicted molar refractivity (Wildman–Crippen MR) is 136 cm³/mol. The van der Waals surface area contributed by atoms with E-state index in [2.05, 4.69) is 23.6 Å². The van der Waals surface area contributed by atoms with Crippen LogP contribution in [0.5, 0.6) is 17.2 Å². The molecule has 36 heavy (non-hydrogen) atoms. The lowest BCUT2D eigenvalue weighted by molar-refractivity contribution is -0.672. The van der Waals surface area contributed by atoms with Gasteiger partial charge in [0, 0.05) is 6.07 Å². The molecule has 3 aromatic carbocycles. The standard InChI is InChI=1S/C19H20NO4S.C7H8O3S/c1-2-20-15-10-16-17(24-13-23-16)11-18(15)25-19(20)12-21-8-9-22-14-6-4-3-5-7-14;1-6-2-4-7(5-3-6)11(8,9)10/h3-7,10-11H,2,8-9,12-13H2,1H3;2-5H,1H3,(H,8,9,10)/q+1;. The first-order valence-electron chi connectivity index (χ1n) is 11.4. The van der Waals surface area contributed by atoms with Crippen LogP contribution in [0.15, 0.2) is 71.6 Å². The molecule has 1 N–H and O–H groups in total. The second kappa shape index (κ2) is 11.7. The fourth-order valence-electron chi connectivity index (χ4n) is 3.58. The summed E-state index contributed by atoms with van der Waals surface area (Å²) in [5, 5.41) is 1.18. The van der Waals surface area contributed by atoms with E-state index >= 15 is 0 Å². The molecule has 0 fully saturated rings. The van der Waals surface area contributed by atoms with E-state index in [-0.39, 0.29) is 4.90 Å². The molecule has 1 aliphatic rings. The normalized spacial score (nSPS) is 12.3.